The third kappa shape index (κ3) is 6.22. The number of likely N-dealkylation sites (tertiary alicyclic amines) is 1. The van der Waals surface area contributed by atoms with Crippen LogP contribution in [0.1, 0.15) is 31.4 Å². The van der Waals surface area contributed by atoms with Crippen LogP contribution in [0.2, 0.25) is 0 Å². The molecule has 0 aliphatic carbocycles. The summed E-state index contributed by atoms with van der Waals surface area (Å²) in [6, 6.07) is 8.67. The zero-order valence-electron chi connectivity index (χ0n) is 16.5. The first-order valence-corrected chi connectivity index (χ1v) is 9.81. The van der Waals surface area contributed by atoms with Gasteiger partial charge in [0, 0.05) is 32.7 Å². The second kappa shape index (κ2) is 11.7. The number of nitrogens with one attached hydrogen (secondary N) is 1. The molecule has 0 radical (unpaired) electrons. The van der Waals surface area contributed by atoms with Crippen molar-refractivity contribution < 1.29 is 9.47 Å². The lowest BCUT2D eigenvalue weighted by Crippen LogP contribution is -2.42. The number of methoxy groups -OCH3 is 1. The number of aliphatic imine (C=N–C) groups is 1. The Morgan fingerprint density at radius 3 is 2.41 bits per heavy atom. The standard InChI is InChI=1S/C20H32N4O2.HI/c1-3-21-20(24-10-4-5-11-24)22-16-19(23-12-14-26-15-13-23)17-6-8-18(25-2)9-7-17;/h6-9,19H,3-5,10-16H2,1-2H3,(H,21,22);1H. The van der Waals surface area contributed by atoms with Gasteiger partial charge >= 0.3 is 0 Å². The zero-order valence-corrected chi connectivity index (χ0v) is 18.9. The van der Waals surface area contributed by atoms with Gasteiger partial charge in [0.25, 0.3) is 0 Å². The van der Waals surface area contributed by atoms with Crippen LogP contribution in [0.4, 0.5) is 0 Å². The molecular weight excluding hydrogens is 455 g/mol. The molecule has 1 aromatic rings. The third-order valence-electron chi connectivity index (χ3n) is 5.14. The van der Waals surface area contributed by atoms with Gasteiger partial charge in [0.2, 0.25) is 0 Å². The van der Waals surface area contributed by atoms with Crippen molar-refractivity contribution >= 4 is 29.9 Å². The summed E-state index contributed by atoms with van der Waals surface area (Å²) < 4.78 is 10.9. The molecule has 0 aromatic heterocycles. The van der Waals surface area contributed by atoms with E-state index >= 15 is 0 Å². The van der Waals surface area contributed by atoms with Gasteiger partial charge in [0.05, 0.1) is 32.9 Å². The monoisotopic (exact) mass is 488 g/mol. The van der Waals surface area contributed by atoms with Gasteiger partial charge in [-0.3, -0.25) is 9.89 Å². The second-order valence-corrected chi connectivity index (χ2v) is 6.83. The maximum absolute atomic E-state index is 5.55. The van der Waals surface area contributed by atoms with Crippen LogP contribution in [0.5, 0.6) is 5.75 Å². The van der Waals surface area contributed by atoms with Crippen LogP contribution < -0.4 is 10.1 Å². The highest BCUT2D eigenvalue weighted by Gasteiger charge is 2.23. The summed E-state index contributed by atoms with van der Waals surface area (Å²) >= 11 is 0. The quantitative estimate of drug-likeness (QED) is 0.379. The number of guanidine groups is 1. The predicted octanol–water partition coefficient (Wildman–Crippen LogP) is 2.75. The van der Waals surface area contributed by atoms with E-state index < -0.39 is 0 Å². The molecule has 0 saturated carbocycles. The van der Waals surface area contributed by atoms with E-state index in [0.717, 1.165) is 64.2 Å². The van der Waals surface area contributed by atoms with Gasteiger partial charge in [-0.05, 0) is 37.5 Å². The fourth-order valence-corrected chi connectivity index (χ4v) is 3.67. The largest absolute Gasteiger partial charge is 0.497 e. The van der Waals surface area contributed by atoms with Crippen molar-refractivity contribution in [2.75, 3.05) is 59.6 Å². The van der Waals surface area contributed by atoms with Gasteiger partial charge in [0.15, 0.2) is 5.96 Å². The number of ether oxygens (including phenoxy) is 2. The fraction of sp³-hybridized carbons (Fsp3) is 0.650. The first-order valence-electron chi connectivity index (χ1n) is 9.81. The second-order valence-electron chi connectivity index (χ2n) is 6.83. The molecule has 2 aliphatic rings. The molecule has 27 heavy (non-hydrogen) atoms. The van der Waals surface area contributed by atoms with E-state index in [-0.39, 0.29) is 30.0 Å². The lowest BCUT2D eigenvalue weighted by Gasteiger charge is -2.34. The van der Waals surface area contributed by atoms with Crippen molar-refractivity contribution in [3.8, 4) is 5.75 Å². The lowest BCUT2D eigenvalue weighted by molar-refractivity contribution is 0.0179. The smallest absolute Gasteiger partial charge is 0.193 e. The minimum absolute atomic E-state index is 0. The Hall–Kier alpha value is -1.06. The minimum Gasteiger partial charge on any atom is -0.497 e. The van der Waals surface area contributed by atoms with Crippen molar-refractivity contribution in [3.63, 3.8) is 0 Å². The molecule has 1 atom stereocenters. The molecule has 152 valence electrons. The molecule has 2 aliphatic heterocycles. The average Bonchev–Trinajstić information content (AvgIpc) is 3.23. The first-order chi connectivity index (χ1) is 12.8. The van der Waals surface area contributed by atoms with Crippen LogP contribution in [0.3, 0.4) is 0 Å². The van der Waals surface area contributed by atoms with E-state index in [0.29, 0.717) is 0 Å². The maximum Gasteiger partial charge on any atom is 0.193 e. The molecule has 0 amide bonds. The normalized spacial score (nSPS) is 19.5. The number of halogens is 1. The maximum atomic E-state index is 5.55. The number of hydrogen-bond acceptors (Lipinski definition) is 4. The van der Waals surface area contributed by atoms with Crippen LogP contribution >= 0.6 is 24.0 Å². The Labute approximate surface area is 180 Å². The highest BCUT2D eigenvalue weighted by atomic mass is 127. The molecule has 0 bridgehead atoms. The van der Waals surface area contributed by atoms with Gasteiger partial charge in [0.1, 0.15) is 5.75 Å². The molecule has 1 unspecified atom stereocenters. The zero-order chi connectivity index (χ0) is 18.2. The molecule has 3 rings (SSSR count). The summed E-state index contributed by atoms with van der Waals surface area (Å²) in [7, 11) is 1.71. The van der Waals surface area contributed by atoms with Gasteiger partial charge in [-0.15, -0.1) is 24.0 Å². The SMILES string of the molecule is CCNC(=NCC(c1ccc(OC)cc1)N1CCOCC1)N1CCCC1.I. The highest BCUT2D eigenvalue weighted by molar-refractivity contribution is 14.0. The van der Waals surface area contributed by atoms with Gasteiger partial charge in [-0.25, -0.2) is 0 Å². The van der Waals surface area contributed by atoms with Crippen LogP contribution in [0.25, 0.3) is 0 Å². The van der Waals surface area contributed by atoms with Crippen molar-refractivity contribution in [1.82, 2.24) is 15.1 Å². The molecule has 2 heterocycles. The Morgan fingerprint density at radius 1 is 1.15 bits per heavy atom. The summed E-state index contributed by atoms with van der Waals surface area (Å²) in [5, 5.41) is 3.47. The summed E-state index contributed by atoms with van der Waals surface area (Å²) in [6.45, 7) is 9.50. The Morgan fingerprint density at radius 2 is 1.81 bits per heavy atom. The third-order valence-corrected chi connectivity index (χ3v) is 5.14. The van der Waals surface area contributed by atoms with Crippen LogP contribution in [-0.4, -0.2) is 75.4 Å². The van der Waals surface area contributed by atoms with Gasteiger partial charge in [-0.2, -0.15) is 0 Å². The molecule has 1 aromatic carbocycles. The molecule has 6 nitrogen and oxygen atoms in total. The Balaban J connectivity index is 0.00000261. The molecular formula is C20H33IN4O2. The van der Waals surface area contributed by atoms with Gasteiger partial charge < -0.3 is 19.7 Å². The van der Waals surface area contributed by atoms with Crippen LogP contribution in [0.15, 0.2) is 29.3 Å². The van der Waals surface area contributed by atoms with Crippen molar-refractivity contribution in [1.29, 1.82) is 0 Å². The molecule has 2 fully saturated rings. The molecule has 7 heteroatoms. The van der Waals surface area contributed by atoms with E-state index in [9.17, 15) is 0 Å². The van der Waals surface area contributed by atoms with E-state index in [1.165, 1.54) is 18.4 Å². The fourth-order valence-electron chi connectivity index (χ4n) is 3.67. The average molecular weight is 488 g/mol. The van der Waals surface area contributed by atoms with E-state index in [1.54, 1.807) is 7.11 Å². The van der Waals surface area contributed by atoms with Crippen LogP contribution in [0, 0.1) is 0 Å². The summed E-state index contributed by atoms with van der Waals surface area (Å²) in [4.78, 5) is 9.88. The molecule has 1 N–H and O–H groups in total. The number of benzene rings is 1. The minimum atomic E-state index is 0. The van der Waals surface area contributed by atoms with Gasteiger partial charge in [-0.1, -0.05) is 12.1 Å². The van der Waals surface area contributed by atoms with Crippen molar-refractivity contribution in [2.24, 2.45) is 4.99 Å². The number of rotatable bonds is 6. The summed E-state index contributed by atoms with van der Waals surface area (Å²) in [5.74, 6) is 1.94. The number of morpholine rings is 1. The van der Waals surface area contributed by atoms with Crippen molar-refractivity contribution in [3.05, 3.63) is 29.8 Å². The van der Waals surface area contributed by atoms with Crippen molar-refractivity contribution in [2.45, 2.75) is 25.8 Å². The first kappa shape index (κ1) is 22.2. The topological polar surface area (TPSA) is 49.3 Å². The predicted molar refractivity (Wildman–Crippen MR) is 120 cm³/mol. The Kier molecular flexibility index (Phi) is 9.64. The van der Waals surface area contributed by atoms with E-state index in [4.69, 9.17) is 14.5 Å². The highest BCUT2D eigenvalue weighted by Crippen LogP contribution is 2.25. The van der Waals surface area contributed by atoms with E-state index in [2.05, 4.69) is 34.2 Å². The molecule has 2 saturated heterocycles. The lowest BCUT2D eigenvalue weighted by atomic mass is 10.0. The summed E-state index contributed by atoms with van der Waals surface area (Å²) in [6.07, 6.45) is 2.52. The van der Waals surface area contributed by atoms with E-state index in [1.807, 2.05) is 12.1 Å². The van der Waals surface area contributed by atoms with Crippen LogP contribution in [-0.2, 0) is 4.74 Å². The Bertz CT molecular complexity index is 570. The number of hydrogen-bond donors (Lipinski definition) is 1. The summed E-state index contributed by atoms with van der Waals surface area (Å²) in [5.41, 5.74) is 1.29. The molecule has 0 spiro atoms. The number of nitrogens with zero attached hydrogens (tertiary/aromatic N) is 3.